The van der Waals surface area contributed by atoms with Crippen LogP contribution in [0.2, 0.25) is 0 Å². The van der Waals surface area contributed by atoms with Crippen LogP contribution in [0.25, 0.3) is 0 Å². The van der Waals surface area contributed by atoms with Crippen LogP contribution in [0.5, 0.6) is 5.75 Å². The highest BCUT2D eigenvalue weighted by Gasteiger charge is 2.31. The van der Waals surface area contributed by atoms with Crippen LogP contribution in [-0.4, -0.2) is 191 Å². The van der Waals surface area contributed by atoms with Crippen molar-refractivity contribution in [1.29, 1.82) is 5.41 Å². The largest absolute Gasteiger partial charge is 0.508 e. The number of Topliss-reactive ketones (excluding diaryl/α,β-unsaturated/α-hetero) is 4. The Bertz CT molecular complexity index is 2440. The van der Waals surface area contributed by atoms with E-state index in [9.17, 15) is 57.0 Å². The second-order valence-corrected chi connectivity index (χ2v) is 26.0. The number of amidine groups is 1. The van der Waals surface area contributed by atoms with Crippen LogP contribution in [0.1, 0.15) is 199 Å². The number of allylic oxidation sites excluding steroid dienone is 1. The molecular formula is C67H116N8O17S. The monoisotopic (exact) mass is 1340 g/mol. The molecule has 0 radical (unpaired) electrons. The number of rotatable bonds is 65. The van der Waals surface area contributed by atoms with E-state index in [0.717, 1.165) is 63.4 Å². The summed E-state index contributed by atoms with van der Waals surface area (Å²) in [6.45, 7) is 9.43. The van der Waals surface area contributed by atoms with E-state index in [1.165, 1.54) is 37.8 Å². The zero-order chi connectivity index (χ0) is 69.1. The van der Waals surface area contributed by atoms with Gasteiger partial charge < -0.3 is 61.9 Å². The fourth-order valence-corrected chi connectivity index (χ4v) is 10.9. The Hall–Kier alpha value is -5.74. The summed E-state index contributed by atoms with van der Waals surface area (Å²) >= 11 is 0. The number of ketones is 4. The molecule has 26 heteroatoms. The molecule has 0 aromatic heterocycles. The Balaban J connectivity index is 2.29. The molecule has 0 bridgehead atoms. The summed E-state index contributed by atoms with van der Waals surface area (Å²) in [6, 6.07) is 3.91. The lowest BCUT2D eigenvalue weighted by Gasteiger charge is -2.29. The summed E-state index contributed by atoms with van der Waals surface area (Å²) in [5, 5.41) is 38.7. The van der Waals surface area contributed by atoms with Crippen molar-refractivity contribution in [3.05, 3.63) is 42.1 Å². The van der Waals surface area contributed by atoms with Gasteiger partial charge in [0.05, 0.1) is 69.8 Å². The molecule has 3 amide bonds. The third-order valence-electron chi connectivity index (χ3n) is 16.0. The third-order valence-corrected chi connectivity index (χ3v) is 16.8. The first-order chi connectivity index (χ1) is 44.4. The lowest BCUT2D eigenvalue weighted by atomic mass is 9.89. The fourth-order valence-electron chi connectivity index (χ4n) is 10.3. The number of phenolic OH excluding ortho intramolecular Hbond substituents is 1. The number of carboxylic acid groups (broad SMARTS) is 1. The Morgan fingerprint density at radius 2 is 1.19 bits per heavy atom. The van der Waals surface area contributed by atoms with Crippen molar-refractivity contribution in [3.63, 3.8) is 0 Å². The second-order valence-electron chi connectivity index (χ2n) is 24.5. The smallest absolute Gasteiger partial charge is 0.326 e. The van der Waals surface area contributed by atoms with Gasteiger partial charge in [0.25, 0.3) is 10.1 Å². The highest BCUT2D eigenvalue weighted by molar-refractivity contribution is 7.85. The van der Waals surface area contributed by atoms with E-state index in [1.54, 1.807) is 24.1 Å². The van der Waals surface area contributed by atoms with Crippen molar-refractivity contribution in [3.8, 4) is 5.75 Å². The number of primary amides is 1. The summed E-state index contributed by atoms with van der Waals surface area (Å²) in [5.74, 6) is -3.64. The molecule has 1 aromatic carbocycles. The predicted molar refractivity (Wildman–Crippen MR) is 358 cm³/mol. The molecule has 5 atom stereocenters. The Morgan fingerprint density at radius 3 is 1.80 bits per heavy atom. The Kier molecular flexibility index (Phi) is 49.1. The van der Waals surface area contributed by atoms with E-state index in [2.05, 4.69) is 27.8 Å². The first-order valence-electron chi connectivity index (χ1n) is 33.8. The SMILES string of the molecule is C=C(CCCCCCCCCCCCCCCS(=O)(=O)O)N[C@@H](CCC(=O)NCCOCCOCC(=O)CCCOCCOCC(=O)NCCCC[C@H](NCC(=O)CC(C)CC)C(=O)CN(C)[C@@H](CCCCC(=N)N)C(=O)C[C@@H](Cc1ccc(O)cc1)C(N)=O)C(=O)O. The number of nitrogens with one attached hydrogen (secondary N) is 5. The van der Waals surface area contributed by atoms with E-state index in [-0.39, 0.29) is 156 Å². The number of nitrogens with two attached hydrogens (primary N) is 2. The van der Waals surface area contributed by atoms with Gasteiger partial charge in [0.15, 0.2) is 17.3 Å². The Labute approximate surface area is 553 Å². The maximum atomic E-state index is 14.0. The van der Waals surface area contributed by atoms with Gasteiger partial charge in [-0.3, -0.25) is 48.4 Å². The number of hydrogen-bond acceptors (Lipinski definition) is 19. The number of hydrogen-bond donors (Lipinski definition) is 10. The number of carbonyl (C=O) groups excluding carboxylic acids is 7. The number of aliphatic carboxylic acids is 1. The first-order valence-corrected chi connectivity index (χ1v) is 35.4. The molecule has 0 aliphatic carbocycles. The van der Waals surface area contributed by atoms with Gasteiger partial charge in [0, 0.05) is 63.4 Å². The van der Waals surface area contributed by atoms with Gasteiger partial charge >= 0.3 is 5.97 Å². The maximum absolute atomic E-state index is 14.0. The van der Waals surface area contributed by atoms with Gasteiger partial charge in [0.1, 0.15) is 30.8 Å². The number of carbonyl (C=O) groups is 8. The molecule has 1 rings (SSSR count). The topological polar surface area (TPSA) is 396 Å². The molecule has 0 spiro atoms. The van der Waals surface area contributed by atoms with Crippen LogP contribution >= 0.6 is 0 Å². The highest BCUT2D eigenvalue weighted by atomic mass is 32.2. The molecule has 532 valence electrons. The van der Waals surface area contributed by atoms with Gasteiger partial charge in [-0.2, -0.15) is 8.42 Å². The lowest BCUT2D eigenvalue weighted by molar-refractivity contribution is -0.139. The van der Waals surface area contributed by atoms with Crippen LogP contribution in [0, 0.1) is 17.2 Å². The van der Waals surface area contributed by atoms with Crippen LogP contribution < -0.4 is 32.7 Å². The average molecular weight is 1340 g/mol. The minimum atomic E-state index is -3.85. The van der Waals surface area contributed by atoms with Gasteiger partial charge in [-0.05, 0) is 101 Å². The van der Waals surface area contributed by atoms with E-state index in [1.807, 2.05) is 13.8 Å². The highest BCUT2D eigenvalue weighted by Crippen LogP contribution is 2.21. The van der Waals surface area contributed by atoms with Crippen molar-refractivity contribution < 1.29 is 80.5 Å². The van der Waals surface area contributed by atoms with Crippen molar-refractivity contribution in [2.75, 3.05) is 91.8 Å². The number of unbranched alkanes of at least 4 members (excludes halogenated alkanes) is 14. The molecule has 1 aromatic rings. The van der Waals surface area contributed by atoms with Crippen molar-refractivity contribution in [2.24, 2.45) is 23.3 Å². The summed E-state index contributed by atoms with van der Waals surface area (Å²) in [7, 11) is -2.18. The normalized spacial score (nSPS) is 13.2. The summed E-state index contributed by atoms with van der Waals surface area (Å²) in [5.41, 5.74) is 12.7. The van der Waals surface area contributed by atoms with Crippen LogP contribution in [-0.2, 0) is 73.8 Å². The number of likely N-dealkylation sites (N-methyl/N-ethyl adjacent to an activating group) is 1. The molecule has 1 unspecified atom stereocenters. The van der Waals surface area contributed by atoms with Crippen LogP contribution in [0.15, 0.2) is 36.5 Å². The molecule has 0 aliphatic rings. The van der Waals surface area contributed by atoms with Crippen LogP contribution in [0.3, 0.4) is 0 Å². The number of aromatic hydroxyl groups is 1. The van der Waals surface area contributed by atoms with Gasteiger partial charge in [0.2, 0.25) is 17.7 Å². The number of nitrogens with zero attached hydrogens (tertiary/aromatic N) is 1. The fraction of sp³-hybridized carbons (Fsp3) is 0.746. The third kappa shape index (κ3) is 48.6. The van der Waals surface area contributed by atoms with Crippen molar-refractivity contribution in [2.45, 2.75) is 218 Å². The standard InChI is InChI=1S/C67H116N8O17S/c1-5-51(2)44-57(78)47-73-58(62(80)48-75(4)60(27-18-19-28-63(68)69)61(79)46-54(66(70)83)45-53-29-31-55(76)32-30-53)26-20-21-35-71-65(82)50-92-42-39-89-37-23-25-56(77)49-91-41-40-90-38-36-72-64(81)34-33-59(67(84)85)74-52(3)24-17-15-13-11-9-7-6-8-10-12-14-16-22-43-93(86,87)88/h29-32,51,54,58-60,73-74,76H,3,5-28,33-50H2,1-2,4H3,(H3,68,69)(H2,70,83)(H,71,82)(H,72,81)(H,84,85)(H,86,87,88)/t51?,54-,58+,59+,60+/m1/s1. The zero-order valence-corrected chi connectivity index (χ0v) is 57.0. The molecule has 0 aliphatic heterocycles. The van der Waals surface area contributed by atoms with E-state index >= 15 is 0 Å². The van der Waals surface area contributed by atoms with E-state index in [4.69, 9.17) is 40.4 Å². The zero-order valence-electron chi connectivity index (χ0n) is 56.2. The summed E-state index contributed by atoms with van der Waals surface area (Å²) in [4.78, 5) is 104. The van der Waals surface area contributed by atoms with E-state index < -0.39 is 46.0 Å². The van der Waals surface area contributed by atoms with E-state index in [0.29, 0.717) is 89.5 Å². The summed E-state index contributed by atoms with van der Waals surface area (Å²) < 4.78 is 52.2. The number of phenols is 1. The number of amides is 3. The molecule has 25 nitrogen and oxygen atoms in total. The molecule has 0 saturated heterocycles. The number of ether oxygens (including phenoxy) is 4. The molecule has 0 saturated carbocycles. The molecule has 93 heavy (non-hydrogen) atoms. The molecular weight excluding hydrogens is 1220 g/mol. The first kappa shape index (κ1) is 85.3. The summed E-state index contributed by atoms with van der Waals surface area (Å²) in [6.07, 6.45) is 19.3. The minimum absolute atomic E-state index is 0.00297. The van der Waals surface area contributed by atoms with Crippen LogP contribution in [0.4, 0.5) is 0 Å². The number of benzene rings is 1. The van der Waals surface area contributed by atoms with Crippen molar-refractivity contribution in [1.82, 2.24) is 26.2 Å². The maximum Gasteiger partial charge on any atom is 0.326 e. The molecule has 0 fully saturated rings. The Morgan fingerprint density at radius 1 is 0.624 bits per heavy atom. The second kappa shape index (κ2) is 53.5. The predicted octanol–water partition coefficient (Wildman–Crippen LogP) is 6.83. The van der Waals surface area contributed by atoms with Crippen molar-refractivity contribution >= 4 is 62.8 Å². The molecule has 0 heterocycles. The van der Waals surface area contributed by atoms with Gasteiger partial charge in [-0.1, -0.05) is 116 Å². The molecule has 12 N–H and O–H groups in total. The quantitative estimate of drug-likeness (QED) is 0.0138. The lowest BCUT2D eigenvalue weighted by Crippen LogP contribution is -2.48. The van der Waals surface area contributed by atoms with Gasteiger partial charge in [-0.25, -0.2) is 4.79 Å². The average Bonchev–Trinajstić information content (AvgIpc) is 1.28. The minimum Gasteiger partial charge on any atom is -0.508 e. The number of carboxylic acids is 1. The van der Waals surface area contributed by atoms with Gasteiger partial charge in [-0.15, -0.1) is 0 Å².